The van der Waals surface area contributed by atoms with E-state index >= 15 is 0 Å². The summed E-state index contributed by atoms with van der Waals surface area (Å²) in [5.74, 6) is -0.0188. The third-order valence-electron chi connectivity index (χ3n) is 2.48. The Morgan fingerprint density at radius 1 is 1.52 bits per heavy atom. The fourth-order valence-corrected chi connectivity index (χ4v) is 1.62. The predicted octanol–water partition coefficient (Wildman–Crippen LogP) is -0.169. The maximum atomic E-state index is 12.0. The normalized spacial score (nSPS) is 11.0. The van der Waals surface area contributed by atoms with Gasteiger partial charge in [0.15, 0.2) is 5.65 Å². The van der Waals surface area contributed by atoms with Gasteiger partial charge in [-0.25, -0.2) is 0 Å². The van der Waals surface area contributed by atoms with Crippen LogP contribution in [0.4, 0.5) is 19.1 Å². The second-order valence-corrected chi connectivity index (χ2v) is 4.01. The van der Waals surface area contributed by atoms with Crippen molar-refractivity contribution < 1.29 is 18.0 Å². The number of nitrogen functional groups attached to an aromatic ring is 1. The first-order chi connectivity index (χ1) is 9.70. The summed E-state index contributed by atoms with van der Waals surface area (Å²) in [4.78, 5) is 28.5. The third-order valence-corrected chi connectivity index (χ3v) is 2.48. The molecule has 0 saturated carbocycles. The number of anilines is 1. The number of aryl methyl sites for hydroxylation is 1. The quantitative estimate of drug-likeness (QED) is 0.464. The minimum absolute atomic E-state index is 0.0699. The molecule has 1 amide bonds. The molecule has 2 aromatic rings. The van der Waals surface area contributed by atoms with Gasteiger partial charge in [-0.05, 0) is 5.92 Å². The minimum atomic E-state index is -5.03. The third kappa shape index (κ3) is 2.81. The monoisotopic (exact) mass is 299 g/mol. The molecule has 0 saturated heterocycles. The van der Waals surface area contributed by atoms with E-state index in [2.05, 4.69) is 15.9 Å². The van der Waals surface area contributed by atoms with E-state index in [9.17, 15) is 22.8 Å². The first-order valence-corrected chi connectivity index (χ1v) is 5.43. The molecular weight excluding hydrogens is 291 g/mol. The van der Waals surface area contributed by atoms with Gasteiger partial charge in [0.05, 0.1) is 10.9 Å². The number of rotatable bonds is 0. The summed E-state index contributed by atoms with van der Waals surface area (Å²) in [5.41, 5.74) is 5.15. The summed E-state index contributed by atoms with van der Waals surface area (Å²) < 4.78 is 37.4. The van der Waals surface area contributed by atoms with Gasteiger partial charge >= 0.3 is 12.1 Å². The van der Waals surface area contributed by atoms with Gasteiger partial charge in [-0.1, -0.05) is 0 Å². The van der Waals surface area contributed by atoms with E-state index in [-0.39, 0.29) is 22.5 Å². The number of hydrogen-bond donors (Lipinski definition) is 3. The van der Waals surface area contributed by atoms with Crippen LogP contribution in [0.5, 0.6) is 0 Å². The van der Waals surface area contributed by atoms with Crippen molar-refractivity contribution >= 4 is 22.9 Å². The van der Waals surface area contributed by atoms with Crippen LogP contribution >= 0.6 is 0 Å². The van der Waals surface area contributed by atoms with E-state index in [4.69, 9.17) is 5.73 Å². The molecule has 0 aliphatic carbocycles. The van der Waals surface area contributed by atoms with Gasteiger partial charge in [0.25, 0.3) is 5.56 Å². The van der Waals surface area contributed by atoms with E-state index in [1.54, 1.807) is 7.05 Å². The van der Waals surface area contributed by atoms with Gasteiger partial charge in [-0.2, -0.15) is 18.2 Å². The van der Waals surface area contributed by atoms with Crippen LogP contribution in [0.3, 0.4) is 0 Å². The molecule has 2 aromatic heterocycles. The number of nitrogens with zero attached hydrogens (tertiary/aromatic N) is 2. The lowest BCUT2D eigenvalue weighted by Gasteiger charge is -2.00. The number of hydrogen-bond acceptors (Lipinski definition) is 4. The van der Waals surface area contributed by atoms with Crippen LogP contribution in [0, 0.1) is 12.0 Å². The molecule has 2 heterocycles. The summed E-state index contributed by atoms with van der Waals surface area (Å²) in [5, 5.41) is 1.45. The Morgan fingerprint density at radius 3 is 2.81 bits per heavy atom. The second-order valence-electron chi connectivity index (χ2n) is 4.01. The van der Waals surface area contributed by atoms with Gasteiger partial charge in [-0.15, -0.1) is 0 Å². The Labute approximate surface area is 115 Å². The number of amides is 1. The van der Waals surface area contributed by atoms with Gasteiger partial charge in [0.2, 0.25) is 5.95 Å². The van der Waals surface area contributed by atoms with Crippen molar-refractivity contribution in [1.82, 2.24) is 19.9 Å². The van der Waals surface area contributed by atoms with Crippen LogP contribution in [0.25, 0.3) is 11.0 Å². The van der Waals surface area contributed by atoms with Crippen LogP contribution in [0.2, 0.25) is 0 Å². The Hall–Kier alpha value is -2.96. The Balaban J connectivity index is 2.42. The molecule has 0 aliphatic rings. The molecule has 0 unspecified atom stereocenters. The van der Waals surface area contributed by atoms with Gasteiger partial charge < -0.3 is 10.3 Å². The minimum Gasteiger partial charge on any atom is -0.369 e. The highest BCUT2D eigenvalue weighted by atomic mass is 19.4. The number of alkyl halides is 3. The number of carbonyl (C=O) groups excluding carboxylic acids is 1. The van der Waals surface area contributed by atoms with Crippen LogP contribution in [-0.2, 0) is 11.8 Å². The predicted molar refractivity (Wildman–Crippen MR) is 66.8 cm³/mol. The highest BCUT2D eigenvalue weighted by molar-refractivity contribution is 5.85. The van der Waals surface area contributed by atoms with Crippen molar-refractivity contribution in [2.45, 2.75) is 6.18 Å². The molecule has 10 heteroatoms. The SMILES string of the molecule is Cn1cc(C#CNC(=O)C(F)(F)F)c2c(=O)[nH]c(N)nc21. The molecule has 7 nitrogen and oxygen atoms in total. The number of H-pyrrole nitrogens is 1. The lowest BCUT2D eigenvalue weighted by molar-refractivity contribution is -0.172. The van der Waals surface area contributed by atoms with Crippen LogP contribution < -0.4 is 16.6 Å². The number of halogens is 3. The highest BCUT2D eigenvalue weighted by Crippen LogP contribution is 2.15. The van der Waals surface area contributed by atoms with Crippen molar-refractivity contribution in [3.63, 3.8) is 0 Å². The molecule has 0 fully saturated rings. The average molecular weight is 299 g/mol. The van der Waals surface area contributed by atoms with Gasteiger partial charge in [0.1, 0.15) is 0 Å². The van der Waals surface area contributed by atoms with Crippen LogP contribution in [-0.4, -0.2) is 26.6 Å². The fourth-order valence-electron chi connectivity index (χ4n) is 1.62. The van der Waals surface area contributed by atoms with Crippen molar-refractivity contribution in [3.05, 3.63) is 22.1 Å². The summed E-state index contributed by atoms with van der Waals surface area (Å²) in [6, 6.07) is 1.86. The summed E-state index contributed by atoms with van der Waals surface area (Å²) in [6.07, 6.45) is -3.64. The number of aromatic amines is 1. The Kier molecular flexibility index (Phi) is 3.34. The summed E-state index contributed by atoms with van der Waals surface area (Å²) in [6.45, 7) is 0. The largest absolute Gasteiger partial charge is 0.472 e. The standard InChI is InChI=1S/C11H8F3N5O2/c1-19-4-5(2-3-16-9(21)11(12,13)14)6-7(19)17-10(15)18-8(6)20/h4H,1H3,(H,16,21)(H3,15,17,18,20). The molecule has 2 rings (SSSR count). The van der Waals surface area contributed by atoms with Crippen LogP contribution in [0.1, 0.15) is 5.56 Å². The van der Waals surface area contributed by atoms with E-state index in [0.29, 0.717) is 0 Å². The zero-order valence-corrected chi connectivity index (χ0v) is 10.5. The molecule has 0 aromatic carbocycles. The number of nitrogens with one attached hydrogen (secondary N) is 2. The van der Waals surface area contributed by atoms with Crippen molar-refractivity contribution in [2.24, 2.45) is 7.05 Å². The van der Waals surface area contributed by atoms with E-state index in [1.165, 1.54) is 16.1 Å². The molecule has 0 spiro atoms. The molecule has 110 valence electrons. The zero-order valence-electron chi connectivity index (χ0n) is 10.5. The molecule has 0 radical (unpaired) electrons. The number of carbonyl (C=O) groups is 1. The molecule has 21 heavy (non-hydrogen) atoms. The fraction of sp³-hybridized carbons (Fsp3) is 0.182. The molecular formula is C11H8F3N5O2. The van der Waals surface area contributed by atoms with Gasteiger partial charge in [0, 0.05) is 19.3 Å². The Morgan fingerprint density at radius 2 is 2.19 bits per heavy atom. The van der Waals surface area contributed by atoms with E-state index < -0.39 is 17.6 Å². The van der Waals surface area contributed by atoms with E-state index in [0.717, 1.165) is 0 Å². The molecule has 0 bridgehead atoms. The highest BCUT2D eigenvalue weighted by Gasteiger charge is 2.38. The van der Waals surface area contributed by atoms with Crippen molar-refractivity contribution in [2.75, 3.05) is 5.73 Å². The maximum Gasteiger partial charge on any atom is 0.472 e. The molecule has 0 aliphatic heterocycles. The lowest BCUT2D eigenvalue weighted by Crippen LogP contribution is -2.33. The van der Waals surface area contributed by atoms with Gasteiger partial charge in [-0.3, -0.25) is 19.9 Å². The maximum absolute atomic E-state index is 12.0. The van der Waals surface area contributed by atoms with Crippen molar-refractivity contribution in [3.8, 4) is 12.0 Å². The van der Waals surface area contributed by atoms with Crippen molar-refractivity contribution in [1.29, 1.82) is 0 Å². The molecule has 4 N–H and O–H groups in total. The topological polar surface area (TPSA) is 106 Å². The number of fused-ring (bicyclic) bond motifs is 1. The first-order valence-electron chi connectivity index (χ1n) is 5.43. The smallest absolute Gasteiger partial charge is 0.369 e. The van der Waals surface area contributed by atoms with Crippen LogP contribution in [0.15, 0.2) is 11.0 Å². The summed E-state index contributed by atoms with van der Waals surface area (Å²) in [7, 11) is 1.56. The lowest BCUT2D eigenvalue weighted by atomic mass is 10.2. The average Bonchev–Trinajstić information content (AvgIpc) is 2.65. The first kappa shape index (κ1) is 14.4. The number of aromatic nitrogens is 3. The second kappa shape index (κ2) is 4.86. The Bertz CT molecular complexity index is 838. The molecule has 0 atom stereocenters. The zero-order chi connectivity index (χ0) is 15.8. The summed E-state index contributed by atoms with van der Waals surface area (Å²) >= 11 is 0. The number of nitrogens with two attached hydrogens (primary N) is 1. The van der Waals surface area contributed by atoms with E-state index in [1.807, 2.05) is 6.04 Å².